The molecular weight excluding hydrogens is 220 g/mol. The zero-order valence-electron chi connectivity index (χ0n) is 10.0. The van der Waals surface area contributed by atoms with Crippen LogP contribution in [0.25, 0.3) is 0 Å². The number of carbonyl (C=O) groups excluding carboxylic acids is 1. The fraction of sp³-hybridized carbons (Fsp3) is 0.833. The summed E-state index contributed by atoms with van der Waals surface area (Å²) in [7, 11) is 0. The molecule has 0 bridgehead atoms. The van der Waals surface area contributed by atoms with Crippen molar-refractivity contribution in [1.82, 2.24) is 10.2 Å². The molecule has 2 saturated heterocycles. The smallest absolute Gasteiger partial charge is 0.303 e. The Hall–Kier alpha value is -1.10. The van der Waals surface area contributed by atoms with Gasteiger partial charge in [-0.3, -0.25) is 9.59 Å². The predicted molar refractivity (Wildman–Crippen MR) is 62.6 cm³/mol. The Morgan fingerprint density at radius 2 is 2.29 bits per heavy atom. The summed E-state index contributed by atoms with van der Waals surface area (Å²) in [6.45, 7) is 2.73. The second-order valence-corrected chi connectivity index (χ2v) is 4.95. The molecule has 2 fully saturated rings. The van der Waals surface area contributed by atoms with Crippen LogP contribution in [0.2, 0.25) is 0 Å². The molecule has 0 radical (unpaired) electrons. The minimum absolute atomic E-state index is 0.0620. The minimum Gasteiger partial charge on any atom is -0.481 e. The molecule has 0 aliphatic carbocycles. The van der Waals surface area contributed by atoms with Gasteiger partial charge in [0.1, 0.15) is 0 Å². The lowest BCUT2D eigenvalue weighted by Crippen LogP contribution is -2.47. The van der Waals surface area contributed by atoms with E-state index >= 15 is 0 Å². The summed E-state index contributed by atoms with van der Waals surface area (Å²) in [5.74, 6) is -0.705. The number of piperidine rings is 1. The van der Waals surface area contributed by atoms with Gasteiger partial charge < -0.3 is 15.3 Å². The highest BCUT2D eigenvalue weighted by Crippen LogP contribution is 2.26. The van der Waals surface area contributed by atoms with Crippen molar-refractivity contribution in [1.29, 1.82) is 0 Å². The van der Waals surface area contributed by atoms with E-state index < -0.39 is 5.97 Å². The van der Waals surface area contributed by atoms with Gasteiger partial charge in [0.15, 0.2) is 0 Å². The molecule has 2 unspecified atom stereocenters. The van der Waals surface area contributed by atoms with E-state index in [1.807, 2.05) is 4.90 Å². The van der Waals surface area contributed by atoms with Gasteiger partial charge in [-0.15, -0.1) is 0 Å². The van der Waals surface area contributed by atoms with Crippen molar-refractivity contribution in [3.8, 4) is 0 Å². The molecule has 17 heavy (non-hydrogen) atoms. The standard InChI is InChI=1S/C12H20N2O3/c15-11(16)4-3-9-5-7-14(12(9)17)10-2-1-6-13-8-10/h9-10,13H,1-8H2,(H,15,16). The van der Waals surface area contributed by atoms with Crippen LogP contribution in [-0.4, -0.2) is 47.6 Å². The molecule has 2 heterocycles. The van der Waals surface area contributed by atoms with Crippen molar-refractivity contribution in [2.45, 2.75) is 38.1 Å². The number of carboxylic acid groups (broad SMARTS) is 1. The largest absolute Gasteiger partial charge is 0.481 e. The molecule has 0 aromatic heterocycles. The van der Waals surface area contributed by atoms with E-state index in [0.29, 0.717) is 12.5 Å². The van der Waals surface area contributed by atoms with Gasteiger partial charge >= 0.3 is 5.97 Å². The van der Waals surface area contributed by atoms with Crippen LogP contribution in [0.1, 0.15) is 32.1 Å². The lowest BCUT2D eigenvalue weighted by atomic mass is 10.0. The summed E-state index contributed by atoms with van der Waals surface area (Å²) in [5, 5.41) is 11.9. The third-order valence-electron chi connectivity index (χ3n) is 3.77. The van der Waals surface area contributed by atoms with Crippen LogP contribution in [-0.2, 0) is 9.59 Å². The second-order valence-electron chi connectivity index (χ2n) is 4.95. The highest BCUT2D eigenvalue weighted by molar-refractivity contribution is 5.81. The van der Waals surface area contributed by atoms with Crippen LogP contribution >= 0.6 is 0 Å². The van der Waals surface area contributed by atoms with E-state index in [4.69, 9.17) is 5.11 Å². The fourth-order valence-electron chi connectivity index (χ4n) is 2.79. The Morgan fingerprint density at radius 3 is 2.94 bits per heavy atom. The Morgan fingerprint density at radius 1 is 1.47 bits per heavy atom. The van der Waals surface area contributed by atoms with Crippen LogP contribution in [0.4, 0.5) is 0 Å². The average molecular weight is 240 g/mol. The van der Waals surface area contributed by atoms with Gasteiger partial charge in [-0.25, -0.2) is 0 Å². The number of carboxylic acids is 1. The minimum atomic E-state index is -0.810. The quantitative estimate of drug-likeness (QED) is 0.748. The molecule has 5 heteroatoms. The van der Waals surface area contributed by atoms with E-state index in [-0.39, 0.29) is 18.2 Å². The highest BCUT2D eigenvalue weighted by Gasteiger charge is 2.35. The summed E-state index contributed by atoms with van der Waals surface area (Å²) in [5.41, 5.74) is 0. The number of aliphatic carboxylic acids is 1. The van der Waals surface area contributed by atoms with Crippen molar-refractivity contribution in [3.05, 3.63) is 0 Å². The van der Waals surface area contributed by atoms with E-state index in [1.54, 1.807) is 0 Å². The number of nitrogens with zero attached hydrogens (tertiary/aromatic N) is 1. The number of carbonyl (C=O) groups is 2. The summed E-state index contributed by atoms with van der Waals surface area (Å²) in [6, 6.07) is 0.325. The van der Waals surface area contributed by atoms with Crippen LogP contribution in [0.15, 0.2) is 0 Å². The molecule has 2 aliphatic heterocycles. The van der Waals surface area contributed by atoms with Gasteiger partial charge in [-0.2, -0.15) is 0 Å². The molecule has 0 aromatic carbocycles. The van der Waals surface area contributed by atoms with E-state index in [2.05, 4.69) is 5.32 Å². The lowest BCUT2D eigenvalue weighted by molar-refractivity contribution is -0.138. The van der Waals surface area contributed by atoms with Crippen LogP contribution in [0.3, 0.4) is 0 Å². The van der Waals surface area contributed by atoms with Crippen molar-refractivity contribution in [2.24, 2.45) is 5.92 Å². The number of nitrogens with one attached hydrogen (secondary N) is 1. The summed E-state index contributed by atoms with van der Waals surface area (Å²) in [6.07, 6.45) is 3.61. The molecule has 0 saturated carbocycles. The fourth-order valence-corrected chi connectivity index (χ4v) is 2.79. The van der Waals surface area contributed by atoms with Gasteiger partial charge in [-0.1, -0.05) is 0 Å². The molecule has 0 aromatic rings. The Labute approximate surface area is 101 Å². The van der Waals surface area contributed by atoms with E-state index in [0.717, 1.165) is 38.9 Å². The summed E-state index contributed by atoms with van der Waals surface area (Å²) >= 11 is 0. The topological polar surface area (TPSA) is 69.6 Å². The molecule has 5 nitrogen and oxygen atoms in total. The third-order valence-corrected chi connectivity index (χ3v) is 3.77. The number of amides is 1. The maximum absolute atomic E-state index is 12.1. The van der Waals surface area contributed by atoms with Crippen molar-refractivity contribution in [3.63, 3.8) is 0 Å². The number of hydrogen-bond acceptors (Lipinski definition) is 3. The monoisotopic (exact) mass is 240 g/mol. The molecule has 2 N–H and O–H groups in total. The van der Waals surface area contributed by atoms with E-state index in [1.165, 1.54) is 0 Å². The van der Waals surface area contributed by atoms with Gasteiger partial charge in [0, 0.05) is 31.5 Å². The number of rotatable bonds is 4. The normalized spacial score (nSPS) is 29.6. The zero-order chi connectivity index (χ0) is 12.3. The first-order valence-corrected chi connectivity index (χ1v) is 6.41. The Bertz CT molecular complexity index is 300. The van der Waals surface area contributed by atoms with Gasteiger partial charge in [0.2, 0.25) is 5.91 Å². The van der Waals surface area contributed by atoms with Crippen LogP contribution < -0.4 is 5.32 Å². The highest BCUT2D eigenvalue weighted by atomic mass is 16.4. The first-order valence-electron chi connectivity index (χ1n) is 6.41. The third kappa shape index (κ3) is 2.97. The van der Waals surface area contributed by atoms with Gasteiger partial charge in [0.05, 0.1) is 0 Å². The van der Waals surface area contributed by atoms with E-state index in [9.17, 15) is 9.59 Å². The maximum atomic E-state index is 12.1. The molecule has 96 valence electrons. The Balaban J connectivity index is 1.85. The molecule has 2 aliphatic rings. The second kappa shape index (κ2) is 5.49. The van der Waals surface area contributed by atoms with Crippen molar-refractivity contribution < 1.29 is 14.7 Å². The molecular formula is C12H20N2O3. The number of hydrogen-bond donors (Lipinski definition) is 2. The van der Waals surface area contributed by atoms with Crippen molar-refractivity contribution in [2.75, 3.05) is 19.6 Å². The predicted octanol–water partition coefficient (Wildman–Crippen LogP) is 0.452. The Kier molecular flexibility index (Phi) is 3.99. The zero-order valence-corrected chi connectivity index (χ0v) is 10.0. The lowest BCUT2D eigenvalue weighted by Gasteiger charge is -2.31. The summed E-state index contributed by atoms with van der Waals surface area (Å²) in [4.78, 5) is 24.6. The van der Waals surface area contributed by atoms with Gasteiger partial charge in [-0.05, 0) is 32.2 Å². The SMILES string of the molecule is O=C(O)CCC1CCN(C2CCCNC2)C1=O. The first kappa shape index (κ1) is 12.4. The maximum Gasteiger partial charge on any atom is 0.303 e. The van der Waals surface area contributed by atoms with Crippen LogP contribution in [0.5, 0.6) is 0 Å². The molecule has 0 spiro atoms. The van der Waals surface area contributed by atoms with Crippen molar-refractivity contribution >= 4 is 11.9 Å². The van der Waals surface area contributed by atoms with Crippen LogP contribution in [0, 0.1) is 5.92 Å². The molecule has 1 amide bonds. The first-order chi connectivity index (χ1) is 8.18. The summed E-state index contributed by atoms with van der Waals surface area (Å²) < 4.78 is 0. The number of likely N-dealkylation sites (tertiary alicyclic amines) is 1. The molecule has 2 atom stereocenters. The average Bonchev–Trinajstić information content (AvgIpc) is 2.69. The molecule has 2 rings (SSSR count). The van der Waals surface area contributed by atoms with Gasteiger partial charge in [0.25, 0.3) is 0 Å².